The molecule has 4 nitrogen and oxygen atoms in total. The highest BCUT2D eigenvalue weighted by molar-refractivity contribution is 5.79. The van der Waals surface area contributed by atoms with Crippen molar-refractivity contribution in [1.82, 2.24) is 9.55 Å². The lowest BCUT2D eigenvalue weighted by molar-refractivity contribution is 0.466. The van der Waals surface area contributed by atoms with Gasteiger partial charge in [0.05, 0.1) is 11.5 Å². The van der Waals surface area contributed by atoms with Crippen LogP contribution in [0.25, 0.3) is 0 Å². The highest BCUT2D eigenvalue weighted by Gasteiger charge is 2.23. The van der Waals surface area contributed by atoms with Crippen molar-refractivity contribution >= 4 is 5.84 Å². The molecule has 82 valence electrons. The Morgan fingerprint density at radius 1 is 1.67 bits per heavy atom. The third-order valence-electron chi connectivity index (χ3n) is 3.12. The number of amidine groups is 1. The zero-order valence-electron chi connectivity index (χ0n) is 9.38. The number of rotatable bonds is 2. The van der Waals surface area contributed by atoms with E-state index in [1.807, 2.05) is 6.92 Å². The second kappa shape index (κ2) is 3.68. The first kappa shape index (κ1) is 10.2. The molecule has 0 saturated carbocycles. The van der Waals surface area contributed by atoms with Crippen LogP contribution in [0.4, 0.5) is 0 Å². The third-order valence-corrected chi connectivity index (χ3v) is 3.12. The van der Waals surface area contributed by atoms with Crippen LogP contribution >= 0.6 is 0 Å². The Labute approximate surface area is 90.0 Å². The summed E-state index contributed by atoms with van der Waals surface area (Å²) in [5.74, 6) is 1.82. The van der Waals surface area contributed by atoms with Crippen molar-refractivity contribution in [2.75, 3.05) is 0 Å². The fraction of sp³-hybridized carbons (Fsp3) is 0.636. The van der Waals surface area contributed by atoms with Crippen LogP contribution in [0.2, 0.25) is 0 Å². The van der Waals surface area contributed by atoms with Crippen LogP contribution in [-0.2, 0) is 13.0 Å². The Hall–Kier alpha value is -1.32. The number of imidazole rings is 1. The number of fused-ring (bicyclic) bond motifs is 1. The Kier molecular flexibility index (Phi) is 2.50. The molecule has 2 rings (SSSR count). The Bertz CT molecular complexity index is 392. The van der Waals surface area contributed by atoms with Gasteiger partial charge in [-0.05, 0) is 25.7 Å². The number of aromatic nitrogens is 2. The van der Waals surface area contributed by atoms with Gasteiger partial charge in [-0.2, -0.15) is 0 Å². The van der Waals surface area contributed by atoms with Crippen molar-refractivity contribution in [2.45, 2.75) is 45.6 Å². The van der Waals surface area contributed by atoms with Crippen molar-refractivity contribution in [3.05, 3.63) is 17.2 Å². The molecular weight excluding hydrogens is 188 g/mol. The minimum absolute atomic E-state index is 0.202. The molecule has 0 bridgehead atoms. The quantitative estimate of drug-likeness (QED) is 0.569. The minimum Gasteiger partial charge on any atom is -0.387 e. The standard InChI is InChI=1S/C11H18N4/c1-7-4-3-5-15-8(2)14-9(11(7)15)6-10(12)13/h7H,3-6H2,1-2H3,(H3,12,13). The molecule has 0 radical (unpaired) electrons. The molecule has 2 heterocycles. The van der Waals surface area contributed by atoms with E-state index in [9.17, 15) is 0 Å². The van der Waals surface area contributed by atoms with Crippen LogP contribution in [0.1, 0.15) is 42.9 Å². The number of nitrogens with one attached hydrogen (secondary N) is 1. The number of nitrogens with zero attached hydrogens (tertiary/aromatic N) is 2. The van der Waals surface area contributed by atoms with E-state index in [2.05, 4.69) is 16.5 Å². The summed E-state index contributed by atoms with van der Waals surface area (Å²) in [4.78, 5) is 4.52. The van der Waals surface area contributed by atoms with Crippen LogP contribution in [-0.4, -0.2) is 15.4 Å². The highest BCUT2D eigenvalue weighted by atomic mass is 15.1. The molecule has 1 aromatic heterocycles. The normalized spacial score (nSPS) is 20.0. The predicted molar refractivity (Wildman–Crippen MR) is 60.2 cm³/mol. The molecule has 0 spiro atoms. The van der Waals surface area contributed by atoms with Gasteiger partial charge in [-0.15, -0.1) is 0 Å². The average Bonchev–Trinajstić information content (AvgIpc) is 2.44. The van der Waals surface area contributed by atoms with Gasteiger partial charge in [0, 0.05) is 18.7 Å². The molecule has 0 fully saturated rings. The maximum atomic E-state index is 7.35. The SMILES string of the molecule is Cc1nc(CC(=N)N)c2n1CCCC2C. The van der Waals surface area contributed by atoms with Gasteiger partial charge >= 0.3 is 0 Å². The van der Waals surface area contributed by atoms with Gasteiger partial charge in [0.2, 0.25) is 0 Å². The van der Waals surface area contributed by atoms with E-state index in [-0.39, 0.29) is 5.84 Å². The highest BCUT2D eigenvalue weighted by Crippen LogP contribution is 2.30. The first-order chi connectivity index (χ1) is 7.09. The van der Waals surface area contributed by atoms with Crippen molar-refractivity contribution in [3.63, 3.8) is 0 Å². The maximum Gasteiger partial charge on any atom is 0.106 e. The van der Waals surface area contributed by atoms with E-state index in [0.717, 1.165) is 18.1 Å². The van der Waals surface area contributed by atoms with Gasteiger partial charge < -0.3 is 10.3 Å². The second-order valence-electron chi connectivity index (χ2n) is 4.39. The predicted octanol–water partition coefficient (Wildman–Crippen LogP) is 1.57. The molecule has 1 aromatic rings. The first-order valence-corrected chi connectivity index (χ1v) is 5.48. The smallest absolute Gasteiger partial charge is 0.106 e. The topological polar surface area (TPSA) is 67.7 Å². The molecular formula is C11H18N4. The molecule has 4 heteroatoms. The summed E-state index contributed by atoms with van der Waals surface area (Å²) in [6, 6.07) is 0. The van der Waals surface area contributed by atoms with E-state index in [4.69, 9.17) is 11.1 Å². The lowest BCUT2D eigenvalue weighted by Crippen LogP contribution is -2.18. The third kappa shape index (κ3) is 1.76. The van der Waals surface area contributed by atoms with Gasteiger partial charge in [0.1, 0.15) is 5.82 Å². The van der Waals surface area contributed by atoms with Crippen molar-refractivity contribution in [2.24, 2.45) is 5.73 Å². The molecule has 3 N–H and O–H groups in total. The molecule has 1 aliphatic heterocycles. The van der Waals surface area contributed by atoms with Gasteiger partial charge in [-0.25, -0.2) is 4.98 Å². The molecule has 1 aliphatic rings. The number of aryl methyl sites for hydroxylation is 1. The average molecular weight is 206 g/mol. The van der Waals surface area contributed by atoms with Crippen LogP contribution in [0, 0.1) is 12.3 Å². The summed E-state index contributed by atoms with van der Waals surface area (Å²) in [6.07, 6.45) is 2.94. The number of nitrogens with two attached hydrogens (primary N) is 1. The van der Waals surface area contributed by atoms with Crippen molar-refractivity contribution in [1.29, 1.82) is 5.41 Å². The minimum atomic E-state index is 0.202. The van der Waals surface area contributed by atoms with E-state index in [0.29, 0.717) is 12.3 Å². The Balaban J connectivity index is 2.43. The van der Waals surface area contributed by atoms with Gasteiger partial charge in [-0.1, -0.05) is 6.92 Å². The zero-order chi connectivity index (χ0) is 11.0. The summed E-state index contributed by atoms with van der Waals surface area (Å²) in [5, 5.41) is 7.35. The molecule has 1 atom stereocenters. The molecule has 0 aliphatic carbocycles. The fourth-order valence-electron chi connectivity index (χ4n) is 2.48. The molecule has 0 amide bonds. The second-order valence-corrected chi connectivity index (χ2v) is 4.39. The van der Waals surface area contributed by atoms with E-state index < -0.39 is 0 Å². The van der Waals surface area contributed by atoms with Crippen molar-refractivity contribution in [3.8, 4) is 0 Å². The van der Waals surface area contributed by atoms with Gasteiger partial charge in [-0.3, -0.25) is 5.41 Å². The Morgan fingerprint density at radius 3 is 3.07 bits per heavy atom. The monoisotopic (exact) mass is 206 g/mol. The number of hydrogen-bond acceptors (Lipinski definition) is 2. The summed E-state index contributed by atoms with van der Waals surface area (Å²) < 4.78 is 2.28. The summed E-state index contributed by atoms with van der Waals surface area (Å²) in [6.45, 7) is 5.33. The first-order valence-electron chi connectivity index (χ1n) is 5.48. The van der Waals surface area contributed by atoms with Gasteiger partial charge in [0.25, 0.3) is 0 Å². The fourth-order valence-corrected chi connectivity index (χ4v) is 2.48. The summed E-state index contributed by atoms with van der Waals surface area (Å²) in [7, 11) is 0. The summed E-state index contributed by atoms with van der Waals surface area (Å²) in [5.41, 5.74) is 7.75. The van der Waals surface area contributed by atoms with E-state index in [1.165, 1.54) is 18.5 Å². The van der Waals surface area contributed by atoms with Crippen LogP contribution in [0.3, 0.4) is 0 Å². The Morgan fingerprint density at radius 2 is 2.40 bits per heavy atom. The largest absolute Gasteiger partial charge is 0.387 e. The molecule has 0 aromatic carbocycles. The molecule has 1 unspecified atom stereocenters. The lowest BCUT2D eigenvalue weighted by Gasteiger charge is -2.22. The zero-order valence-corrected chi connectivity index (χ0v) is 9.38. The van der Waals surface area contributed by atoms with Crippen LogP contribution in [0.15, 0.2) is 0 Å². The van der Waals surface area contributed by atoms with E-state index >= 15 is 0 Å². The molecule has 15 heavy (non-hydrogen) atoms. The molecule has 0 saturated heterocycles. The van der Waals surface area contributed by atoms with E-state index in [1.54, 1.807) is 0 Å². The lowest BCUT2D eigenvalue weighted by atomic mass is 9.95. The summed E-state index contributed by atoms with van der Waals surface area (Å²) >= 11 is 0. The van der Waals surface area contributed by atoms with Crippen LogP contribution < -0.4 is 5.73 Å². The van der Waals surface area contributed by atoms with Crippen molar-refractivity contribution < 1.29 is 0 Å². The van der Waals surface area contributed by atoms with Crippen LogP contribution in [0.5, 0.6) is 0 Å². The number of hydrogen-bond donors (Lipinski definition) is 2. The van der Waals surface area contributed by atoms with Gasteiger partial charge in [0.15, 0.2) is 0 Å². The maximum absolute atomic E-state index is 7.35.